The smallest absolute Gasteiger partial charge is 0.414 e. The van der Waals surface area contributed by atoms with Crippen LogP contribution in [0.15, 0.2) is 71.5 Å². The molecule has 4 rings (SSSR count). The minimum atomic E-state index is -3.21. The summed E-state index contributed by atoms with van der Waals surface area (Å²) in [7, 11) is -3.21. The van der Waals surface area contributed by atoms with Crippen LogP contribution in [-0.4, -0.2) is 54.4 Å². The molecule has 0 aliphatic rings. The fourth-order valence-corrected chi connectivity index (χ4v) is 4.47. The minimum absolute atomic E-state index is 0.0303. The van der Waals surface area contributed by atoms with Crippen molar-refractivity contribution in [2.24, 2.45) is 0 Å². The van der Waals surface area contributed by atoms with Gasteiger partial charge >= 0.3 is 6.09 Å². The predicted molar refractivity (Wildman–Crippen MR) is 145 cm³/mol. The summed E-state index contributed by atoms with van der Waals surface area (Å²) >= 11 is 0. The molecule has 200 valence electrons. The van der Waals surface area contributed by atoms with Gasteiger partial charge < -0.3 is 25.0 Å². The normalized spacial score (nSPS) is 11.2. The van der Waals surface area contributed by atoms with Crippen molar-refractivity contribution in [3.63, 3.8) is 0 Å². The highest BCUT2D eigenvalue weighted by molar-refractivity contribution is 7.90. The molecule has 0 saturated heterocycles. The number of hydrogen-bond donors (Lipinski definition) is 3. The highest BCUT2D eigenvalue weighted by Gasteiger charge is 2.23. The first kappa shape index (κ1) is 27.3. The Labute approximate surface area is 224 Å². The molecular weight excluding hydrogens is 522 g/mol. The zero-order chi connectivity index (χ0) is 28.0. The Kier molecular flexibility index (Phi) is 8.24. The van der Waals surface area contributed by atoms with Crippen LogP contribution in [0, 0.1) is 11.3 Å². The molecule has 1 amide bonds. The molecular formula is C27H25N5O6S. The molecule has 12 heteroatoms. The lowest BCUT2D eigenvalue weighted by Crippen LogP contribution is -2.35. The van der Waals surface area contributed by atoms with E-state index in [0.29, 0.717) is 5.56 Å². The largest absolute Gasteiger partial charge is 0.503 e. The van der Waals surface area contributed by atoms with Crippen LogP contribution in [0.4, 0.5) is 4.79 Å². The average molecular weight is 548 g/mol. The lowest BCUT2D eigenvalue weighted by molar-refractivity contribution is 0.196. The zero-order valence-electron chi connectivity index (χ0n) is 20.9. The van der Waals surface area contributed by atoms with Crippen LogP contribution < -0.4 is 20.9 Å². The number of nitrogens with one attached hydrogen (secondary N) is 2. The van der Waals surface area contributed by atoms with Crippen LogP contribution in [-0.2, 0) is 16.4 Å². The van der Waals surface area contributed by atoms with Crippen molar-refractivity contribution in [2.45, 2.75) is 6.54 Å². The lowest BCUT2D eigenvalue weighted by Gasteiger charge is -2.16. The van der Waals surface area contributed by atoms with Crippen LogP contribution in [0.2, 0.25) is 0 Å². The van der Waals surface area contributed by atoms with E-state index in [1.54, 1.807) is 24.3 Å². The van der Waals surface area contributed by atoms with Crippen LogP contribution in [0.3, 0.4) is 0 Å². The van der Waals surface area contributed by atoms with Crippen molar-refractivity contribution >= 4 is 26.8 Å². The highest BCUT2D eigenvalue weighted by atomic mass is 32.2. The van der Waals surface area contributed by atoms with Crippen LogP contribution in [0.25, 0.3) is 22.0 Å². The third kappa shape index (κ3) is 6.59. The molecule has 0 saturated carbocycles. The van der Waals surface area contributed by atoms with Crippen LogP contribution in [0.1, 0.15) is 11.3 Å². The summed E-state index contributed by atoms with van der Waals surface area (Å²) in [4.78, 5) is 30.0. The first-order chi connectivity index (χ1) is 18.7. The molecule has 0 radical (unpaired) electrons. The van der Waals surface area contributed by atoms with Crippen LogP contribution in [0.5, 0.6) is 11.6 Å². The summed E-state index contributed by atoms with van der Waals surface area (Å²) in [5.74, 6) is -1.28. The highest BCUT2D eigenvalue weighted by Crippen LogP contribution is 2.36. The van der Waals surface area contributed by atoms with Gasteiger partial charge in [-0.3, -0.25) is 4.79 Å². The zero-order valence-corrected chi connectivity index (χ0v) is 21.7. The van der Waals surface area contributed by atoms with Gasteiger partial charge in [-0.1, -0.05) is 60.7 Å². The standard InChI is InChI=1S/C27H25N5O6S/c1-39(36,37)17-29-12-13-30-27(35)38-25-24(33)21-14-20(19-10-6-3-7-11-19)26(34)32(23(21)22(15-28)31-25)16-18-8-4-2-5-9-18/h2-11,14,29,33H,12-13,16-17H2,1H3,(H,30,35). The molecule has 4 aromatic rings. The number of fused-ring (bicyclic) bond motifs is 1. The molecule has 2 aromatic carbocycles. The summed E-state index contributed by atoms with van der Waals surface area (Å²) in [6.45, 7) is 0.283. The predicted octanol–water partition coefficient (Wildman–Crippen LogP) is 2.37. The van der Waals surface area contributed by atoms with E-state index in [1.807, 2.05) is 42.5 Å². The van der Waals surface area contributed by atoms with Gasteiger partial charge in [0.05, 0.1) is 17.9 Å². The number of aromatic nitrogens is 2. The molecule has 3 N–H and O–H groups in total. The topological polar surface area (TPSA) is 163 Å². The number of amides is 1. The minimum Gasteiger partial charge on any atom is -0.503 e. The number of carbonyl (C=O) groups is 1. The molecule has 39 heavy (non-hydrogen) atoms. The van der Waals surface area contributed by atoms with Gasteiger partial charge in [0.25, 0.3) is 11.4 Å². The van der Waals surface area contributed by atoms with E-state index >= 15 is 0 Å². The van der Waals surface area contributed by atoms with E-state index in [-0.39, 0.29) is 53.2 Å². The molecule has 2 aromatic heterocycles. The molecule has 11 nitrogen and oxygen atoms in total. The van der Waals surface area contributed by atoms with Gasteiger partial charge in [-0.15, -0.1) is 0 Å². The molecule has 0 spiro atoms. The molecule has 0 unspecified atom stereocenters. The van der Waals surface area contributed by atoms with Crippen molar-refractivity contribution < 1.29 is 23.1 Å². The van der Waals surface area contributed by atoms with E-state index in [2.05, 4.69) is 15.6 Å². The Morgan fingerprint density at radius 2 is 1.77 bits per heavy atom. The van der Waals surface area contributed by atoms with Gasteiger partial charge in [-0.05, 0) is 17.2 Å². The van der Waals surface area contributed by atoms with Crippen molar-refractivity contribution in [3.05, 3.63) is 88.3 Å². The van der Waals surface area contributed by atoms with Gasteiger partial charge in [-0.2, -0.15) is 10.2 Å². The number of sulfone groups is 1. The van der Waals surface area contributed by atoms with Crippen molar-refractivity contribution in [3.8, 4) is 28.8 Å². The molecule has 0 aliphatic carbocycles. The van der Waals surface area contributed by atoms with Crippen molar-refractivity contribution in [2.75, 3.05) is 25.2 Å². The Bertz CT molecular complexity index is 1720. The van der Waals surface area contributed by atoms with E-state index in [1.165, 1.54) is 10.6 Å². The van der Waals surface area contributed by atoms with E-state index in [4.69, 9.17) is 4.74 Å². The molecule has 0 bridgehead atoms. The average Bonchev–Trinajstić information content (AvgIpc) is 2.91. The Hall–Kier alpha value is -4.73. The number of pyridine rings is 2. The van der Waals surface area contributed by atoms with Gasteiger partial charge in [0, 0.05) is 30.3 Å². The van der Waals surface area contributed by atoms with Gasteiger partial charge in [0.1, 0.15) is 6.07 Å². The molecule has 2 heterocycles. The number of ether oxygens (including phenoxy) is 1. The third-order valence-electron chi connectivity index (χ3n) is 5.68. The van der Waals surface area contributed by atoms with Gasteiger partial charge in [0.2, 0.25) is 0 Å². The second-order valence-corrected chi connectivity index (χ2v) is 10.8. The van der Waals surface area contributed by atoms with E-state index in [9.17, 15) is 28.4 Å². The quantitative estimate of drug-likeness (QED) is 0.267. The second-order valence-electron chi connectivity index (χ2n) is 8.68. The SMILES string of the molecule is CS(=O)(=O)CNCCNC(=O)Oc1nc(C#N)c2c(cc(-c3ccccc3)c(=O)n2Cc2ccccc2)c1O. The lowest BCUT2D eigenvalue weighted by atomic mass is 10.0. The van der Waals surface area contributed by atoms with Crippen molar-refractivity contribution in [1.82, 2.24) is 20.2 Å². The van der Waals surface area contributed by atoms with E-state index in [0.717, 1.165) is 11.8 Å². The van der Waals surface area contributed by atoms with Crippen LogP contribution >= 0.6 is 0 Å². The molecule has 0 fully saturated rings. The maximum atomic E-state index is 13.7. The summed E-state index contributed by atoms with van der Waals surface area (Å²) < 4.78 is 28.9. The fourth-order valence-electron chi connectivity index (χ4n) is 3.95. The molecule has 0 atom stereocenters. The van der Waals surface area contributed by atoms with Gasteiger partial charge in [-0.25, -0.2) is 13.2 Å². The third-order valence-corrected chi connectivity index (χ3v) is 6.41. The first-order valence-electron chi connectivity index (χ1n) is 11.8. The summed E-state index contributed by atoms with van der Waals surface area (Å²) in [6, 6.07) is 21.4. The summed E-state index contributed by atoms with van der Waals surface area (Å²) in [5, 5.41) is 26.2. The second kappa shape index (κ2) is 11.8. The maximum Gasteiger partial charge on any atom is 0.414 e. The number of rotatable bonds is 9. The van der Waals surface area contributed by atoms with E-state index < -0.39 is 27.6 Å². The Balaban J connectivity index is 1.75. The Morgan fingerprint density at radius 3 is 2.41 bits per heavy atom. The fraction of sp³-hybridized carbons (Fsp3) is 0.185. The van der Waals surface area contributed by atoms with Crippen molar-refractivity contribution in [1.29, 1.82) is 5.26 Å². The summed E-state index contributed by atoms with van der Waals surface area (Å²) in [5.41, 5.74) is 1.16. The number of nitriles is 1. The summed E-state index contributed by atoms with van der Waals surface area (Å²) in [6.07, 6.45) is 0.105. The maximum absolute atomic E-state index is 13.7. The number of benzene rings is 2. The number of hydrogen-bond acceptors (Lipinski definition) is 9. The van der Waals surface area contributed by atoms with Gasteiger partial charge in [0.15, 0.2) is 21.3 Å². The molecule has 0 aliphatic heterocycles. The number of carbonyl (C=O) groups excluding carboxylic acids is 1. The Morgan fingerprint density at radius 1 is 1.10 bits per heavy atom. The first-order valence-corrected chi connectivity index (χ1v) is 13.9. The number of nitrogens with zero attached hydrogens (tertiary/aromatic N) is 3. The monoisotopic (exact) mass is 547 g/mol. The number of aromatic hydroxyl groups is 1.